The van der Waals surface area contributed by atoms with Crippen molar-refractivity contribution in [3.63, 3.8) is 0 Å². The maximum atomic E-state index is 13.5. The number of rotatable bonds is 6. The highest BCUT2D eigenvalue weighted by molar-refractivity contribution is 7.89. The van der Waals surface area contributed by atoms with Crippen molar-refractivity contribution < 1.29 is 32.2 Å². The van der Waals surface area contributed by atoms with Crippen molar-refractivity contribution in [2.24, 2.45) is 0 Å². The zero-order chi connectivity index (χ0) is 23.8. The summed E-state index contributed by atoms with van der Waals surface area (Å²) in [6, 6.07) is 6.57. The zero-order valence-electron chi connectivity index (χ0n) is 17.9. The molecule has 1 saturated heterocycles. The van der Waals surface area contributed by atoms with E-state index < -0.39 is 22.0 Å². The van der Waals surface area contributed by atoms with Crippen molar-refractivity contribution in [1.29, 1.82) is 0 Å². The molecule has 0 radical (unpaired) electrons. The van der Waals surface area contributed by atoms with E-state index in [2.05, 4.69) is 10.6 Å². The Hall–Kier alpha value is -3.02. The molecule has 0 aliphatic carbocycles. The number of fused-ring (bicyclic) bond motifs is 1. The van der Waals surface area contributed by atoms with E-state index in [4.69, 9.17) is 25.8 Å². The number of ether oxygens (including phenoxy) is 3. The Morgan fingerprint density at radius 1 is 1.24 bits per heavy atom. The summed E-state index contributed by atoms with van der Waals surface area (Å²) in [6.45, 7) is -0.0775. The molecule has 2 amide bonds. The van der Waals surface area contributed by atoms with Gasteiger partial charge in [0.15, 0.2) is 6.61 Å². The van der Waals surface area contributed by atoms with Crippen LogP contribution in [0.1, 0.15) is 12.8 Å². The second-order valence-corrected chi connectivity index (χ2v) is 9.71. The van der Waals surface area contributed by atoms with Gasteiger partial charge in [-0.15, -0.1) is 0 Å². The van der Waals surface area contributed by atoms with E-state index in [9.17, 15) is 18.0 Å². The van der Waals surface area contributed by atoms with Gasteiger partial charge in [-0.25, -0.2) is 8.42 Å². The van der Waals surface area contributed by atoms with Crippen LogP contribution in [-0.2, 0) is 19.6 Å². The average molecular weight is 496 g/mol. The number of benzene rings is 2. The minimum atomic E-state index is -4.14. The standard InChI is InChI=1S/C21H22ClN3O7S/c1-30-12-5-6-17(31-2)14(8-12)24-21(27)16-4-3-7-25(16)33(28,29)19-10-18-15(9-13(19)22)23-20(26)11-32-18/h5-6,8-10,16H,3-4,7,11H2,1-2H3,(H,23,26)(H,24,27)/t16-/m0/s1. The summed E-state index contributed by atoms with van der Waals surface area (Å²) in [4.78, 5) is 24.4. The Morgan fingerprint density at radius 3 is 2.76 bits per heavy atom. The predicted molar refractivity (Wildman–Crippen MR) is 121 cm³/mol. The molecule has 0 saturated carbocycles. The van der Waals surface area contributed by atoms with Gasteiger partial charge in [-0.05, 0) is 31.0 Å². The monoisotopic (exact) mass is 495 g/mol. The predicted octanol–water partition coefficient (Wildman–Crippen LogP) is 2.48. The molecule has 0 unspecified atom stereocenters. The SMILES string of the molecule is COc1ccc(OC)c(NC(=O)[C@@H]2CCCN2S(=O)(=O)c2cc3c(cc2Cl)NC(=O)CO3)c1. The van der Waals surface area contributed by atoms with Gasteiger partial charge in [0.05, 0.1) is 30.6 Å². The molecule has 176 valence electrons. The van der Waals surface area contributed by atoms with E-state index in [0.717, 1.165) is 4.31 Å². The molecule has 0 bridgehead atoms. The normalized spacial score (nSPS) is 18.2. The van der Waals surface area contributed by atoms with Crippen LogP contribution in [-0.4, -0.2) is 58.0 Å². The Balaban J connectivity index is 1.62. The minimum Gasteiger partial charge on any atom is -0.497 e. The van der Waals surface area contributed by atoms with Gasteiger partial charge in [0.1, 0.15) is 28.2 Å². The van der Waals surface area contributed by atoms with Gasteiger partial charge in [-0.3, -0.25) is 9.59 Å². The van der Waals surface area contributed by atoms with E-state index in [1.165, 1.54) is 26.4 Å². The summed E-state index contributed by atoms with van der Waals surface area (Å²) in [6.07, 6.45) is 0.841. The van der Waals surface area contributed by atoms with Crippen molar-refractivity contribution in [2.45, 2.75) is 23.8 Å². The number of nitrogens with one attached hydrogen (secondary N) is 2. The van der Waals surface area contributed by atoms with E-state index >= 15 is 0 Å². The first-order chi connectivity index (χ1) is 15.7. The highest BCUT2D eigenvalue weighted by Gasteiger charge is 2.41. The second-order valence-electron chi connectivity index (χ2n) is 7.44. The fourth-order valence-corrected chi connectivity index (χ4v) is 6.00. The molecule has 2 aromatic carbocycles. The summed E-state index contributed by atoms with van der Waals surface area (Å²) >= 11 is 6.26. The van der Waals surface area contributed by atoms with E-state index in [-0.39, 0.29) is 40.4 Å². The molecule has 12 heteroatoms. The van der Waals surface area contributed by atoms with Gasteiger partial charge in [-0.2, -0.15) is 4.31 Å². The third-order valence-electron chi connectivity index (χ3n) is 5.42. The number of sulfonamides is 1. The second kappa shape index (κ2) is 9.08. The van der Waals surface area contributed by atoms with Crippen molar-refractivity contribution >= 4 is 44.8 Å². The topological polar surface area (TPSA) is 123 Å². The molecule has 2 aliphatic rings. The van der Waals surface area contributed by atoms with Gasteiger partial charge in [0, 0.05) is 18.7 Å². The fourth-order valence-electron chi connectivity index (χ4n) is 3.82. The number of carbonyl (C=O) groups is 2. The zero-order valence-corrected chi connectivity index (χ0v) is 19.5. The third-order valence-corrected chi connectivity index (χ3v) is 7.80. The van der Waals surface area contributed by atoms with Crippen molar-refractivity contribution in [1.82, 2.24) is 4.31 Å². The highest BCUT2D eigenvalue weighted by atomic mass is 35.5. The molecule has 0 aromatic heterocycles. The highest BCUT2D eigenvalue weighted by Crippen LogP contribution is 2.38. The number of halogens is 1. The van der Waals surface area contributed by atoms with Crippen LogP contribution in [0.5, 0.6) is 17.2 Å². The Labute approximate surface area is 195 Å². The minimum absolute atomic E-state index is 0.0833. The number of nitrogens with zero attached hydrogens (tertiary/aromatic N) is 1. The first kappa shape index (κ1) is 23.1. The lowest BCUT2D eigenvalue weighted by Crippen LogP contribution is -2.43. The first-order valence-electron chi connectivity index (χ1n) is 10.1. The van der Waals surface area contributed by atoms with Crippen LogP contribution in [0.3, 0.4) is 0 Å². The third kappa shape index (κ3) is 4.43. The molecule has 33 heavy (non-hydrogen) atoms. The fraction of sp³-hybridized carbons (Fsp3) is 0.333. The van der Waals surface area contributed by atoms with Crippen LogP contribution >= 0.6 is 11.6 Å². The van der Waals surface area contributed by atoms with E-state index in [1.807, 2.05) is 0 Å². The summed E-state index contributed by atoms with van der Waals surface area (Å²) in [7, 11) is -1.18. The van der Waals surface area contributed by atoms with Crippen LogP contribution in [0.25, 0.3) is 0 Å². The lowest BCUT2D eigenvalue weighted by Gasteiger charge is -2.25. The maximum absolute atomic E-state index is 13.5. The molecule has 2 N–H and O–H groups in total. The van der Waals surface area contributed by atoms with Crippen molar-refractivity contribution in [3.8, 4) is 17.2 Å². The Kier molecular flexibility index (Phi) is 6.37. The van der Waals surface area contributed by atoms with Crippen LogP contribution in [0.4, 0.5) is 11.4 Å². The van der Waals surface area contributed by atoms with E-state index in [1.54, 1.807) is 18.2 Å². The average Bonchev–Trinajstić information content (AvgIpc) is 3.29. The van der Waals surface area contributed by atoms with Crippen LogP contribution in [0.2, 0.25) is 5.02 Å². The van der Waals surface area contributed by atoms with Gasteiger partial charge in [0.2, 0.25) is 15.9 Å². The number of anilines is 2. The van der Waals surface area contributed by atoms with Crippen molar-refractivity contribution in [2.75, 3.05) is 38.0 Å². The summed E-state index contributed by atoms with van der Waals surface area (Å²) in [5.74, 6) is 0.251. The van der Waals surface area contributed by atoms with Gasteiger partial charge in [-0.1, -0.05) is 11.6 Å². The maximum Gasteiger partial charge on any atom is 0.262 e. The molecule has 0 spiro atoms. The number of hydrogen-bond donors (Lipinski definition) is 2. The molecular weight excluding hydrogens is 474 g/mol. The van der Waals surface area contributed by atoms with Crippen molar-refractivity contribution in [3.05, 3.63) is 35.4 Å². The number of carbonyl (C=O) groups excluding carboxylic acids is 2. The van der Waals surface area contributed by atoms with Crippen LogP contribution < -0.4 is 24.8 Å². The number of amides is 2. The quantitative estimate of drug-likeness (QED) is 0.631. The largest absolute Gasteiger partial charge is 0.497 e. The first-order valence-corrected chi connectivity index (χ1v) is 11.9. The summed E-state index contributed by atoms with van der Waals surface area (Å²) in [5, 5.41) is 5.24. The van der Waals surface area contributed by atoms with Crippen LogP contribution in [0.15, 0.2) is 35.2 Å². The molecular formula is C21H22ClN3O7S. The molecule has 2 heterocycles. The molecule has 1 atom stereocenters. The number of hydrogen-bond acceptors (Lipinski definition) is 7. The lowest BCUT2D eigenvalue weighted by molar-refractivity contribution is -0.119. The molecule has 2 aliphatic heterocycles. The molecule has 4 rings (SSSR count). The van der Waals surface area contributed by atoms with E-state index in [0.29, 0.717) is 30.0 Å². The lowest BCUT2D eigenvalue weighted by atomic mass is 10.2. The molecule has 1 fully saturated rings. The Morgan fingerprint density at radius 2 is 2.03 bits per heavy atom. The van der Waals surface area contributed by atoms with Gasteiger partial charge in [0.25, 0.3) is 5.91 Å². The van der Waals surface area contributed by atoms with Gasteiger partial charge >= 0.3 is 0 Å². The number of methoxy groups -OCH3 is 2. The van der Waals surface area contributed by atoms with Gasteiger partial charge < -0.3 is 24.8 Å². The summed E-state index contributed by atoms with van der Waals surface area (Å²) in [5.41, 5.74) is 0.651. The Bertz CT molecular complexity index is 1220. The smallest absolute Gasteiger partial charge is 0.262 e. The van der Waals surface area contributed by atoms with Crippen LogP contribution in [0, 0.1) is 0 Å². The molecule has 2 aromatic rings. The summed E-state index contributed by atoms with van der Waals surface area (Å²) < 4.78 is 43.9. The molecule has 10 nitrogen and oxygen atoms in total.